The van der Waals surface area contributed by atoms with E-state index >= 15 is 0 Å². The Labute approximate surface area is 171 Å². The molecule has 0 saturated heterocycles. The maximum Gasteiger partial charge on any atom is -0.0297 e. The minimum absolute atomic E-state index is 0.644. The van der Waals surface area contributed by atoms with Crippen LogP contribution in [0.2, 0.25) is 18.0 Å². The van der Waals surface area contributed by atoms with E-state index in [-0.39, 0.29) is 0 Å². The molecule has 0 spiro atoms. The number of unbranched alkanes of at least 4 members (excludes halogenated alkanes) is 3. The molecule has 8 atom stereocenters. The SMILES string of the molecule is CCCCCC[B-]([C@@H]1C[C@@H]2C[C@H]([C@H]1C)C2(C)C)[C@@H]1C[C@@H]2C[C@H]([C@H]1C)C2(C)C. The average Bonchev–Trinajstić information content (AvgIpc) is 2.62. The monoisotopic (exact) mass is 370 g/mol. The molecule has 0 heterocycles. The van der Waals surface area contributed by atoms with Gasteiger partial charge in [0.2, 0.25) is 0 Å². The Hall–Kier alpha value is 0.0649. The zero-order chi connectivity index (χ0) is 19.6. The maximum absolute atomic E-state index is 2.66. The van der Waals surface area contributed by atoms with Crippen molar-refractivity contribution in [3.8, 4) is 0 Å². The van der Waals surface area contributed by atoms with Gasteiger partial charge in [-0.2, -0.15) is 11.6 Å². The Morgan fingerprint density at radius 1 is 0.704 bits per heavy atom. The van der Waals surface area contributed by atoms with Crippen LogP contribution in [-0.4, -0.2) is 6.71 Å². The Bertz CT molecular complexity index is 492. The van der Waals surface area contributed by atoms with Crippen molar-refractivity contribution in [2.24, 2.45) is 46.3 Å². The highest BCUT2D eigenvalue weighted by molar-refractivity contribution is 6.62. The van der Waals surface area contributed by atoms with Gasteiger partial charge in [-0.15, -0.1) is 6.71 Å². The molecule has 0 unspecified atom stereocenters. The number of hydrogen-bond acceptors (Lipinski definition) is 0. The highest BCUT2D eigenvalue weighted by Crippen LogP contribution is 2.69. The smallest absolute Gasteiger partial charge is 0.0297 e. The van der Waals surface area contributed by atoms with Crippen molar-refractivity contribution >= 4 is 6.71 Å². The zero-order valence-electron chi connectivity index (χ0n) is 19.6. The predicted octanol–water partition coefficient (Wildman–Crippen LogP) is 8.21. The third-order valence-corrected chi connectivity index (χ3v) is 11.3. The lowest BCUT2D eigenvalue weighted by atomic mass is 9.20. The van der Waals surface area contributed by atoms with Crippen molar-refractivity contribution in [2.45, 2.75) is 118 Å². The van der Waals surface area contributed by atoms with E-state index in [0.29, 0.717) is 10.8 Å². The molecular formula is C26H47B-. The van der Waals surface area contributed by atoms with E-state index < -0.39 is 0 Å². The molecule has 6 saturated carbocycles. The van der Waals surface area contributed by atoms with Crippen LogP contribution in [-0.2, 0) is 0 Å². The first-order valence-corrected chi connectivity index (χ1v) is 12.7. The van der Waals surface area contributed by atoms with Crippen LogP contribution in [0.25, 0.3) is 0 Å². The quantitative estimate of drug-likeness (QED) is 0.313. The van der Waals surface area contributed by atoms with Crippen molar-refractivity contribution in [1.29, 1.82) is 0 Å². The summed E-state index contributed by atoms with van der Waals surface area (Å²) in [6.45, 7) is 19.0. The van der Waals surface area contributed by atoms with Crippen LogP contribution in [0, 0.1) is 46.3 Å². The minimum Gasteiger partial charge on any atom is -0.208 e. The van der Waals surface area contributed by atoms with Crippen molar-refractivity contribution < 1.29 is 0 Å². The van der Waals surface area contributed by atoms with Gasteiger partial charge in [0.25, 0.3) is 0 Å². The first-order valence-electron chi connectivity index (χ1n) is 12.7. The van der Waals surface area contributed by atoms with E-state index in [1.165, 1.54) is 25.7 Å². The molecule has 4 bridgehead atoms. The van der Waals surface area contributed by atoms with Gasteiger partial charge in [-0.1, -0.05) is 98.8 Å². The van der Waals surface area contributed by atoms with Gasteiger partial charge in [-0.25, -0.2) is 6.32 Å². The lowest BCUT2D eigenvalue weighted by molar-refractivity contribution is -0.107. The lowest BCUT2D eigenvalue weighted by Gasteiger charge is -2.71. The van der Waals surface area contributed by atoms with Gasteiger partial charge in [0.1, 0.15) is 0 Å². The molecule has 0 nitrogen and oxygen atoms in total. The Morgan fingerprint density at radius 2 is 1.19 bits per heavy atom. The van der Waals surface area contributed by atoms with Gasteiger partial charge < -0.3 is 0 Å². The second-order valence-electron chi connectivity index (χ2n) is 12.8. The molecule has 0 aliphatic heterocycles. The van der Waals surface area contributed by atoms with Gasteiger partial charge in [-0.05, 0) is 47.3 Å². The molecule has 0 amide bonds. The third-order valence-electron chi connectivity index (χ3n) is 11.3. The van der Waals surface area contributed by atoms with Crippen LogP contribution in [0.4, 0.5) is 0 Å². The molecule has 1 radical (unpaired) electrons. The van der Waals surface area contributed by atoms with E-state index in [0.717, 1.165) is 53.9 Å². The first kappa shape index (κ1) is 20.3. The summed E-state index contributed by atoms with van der Waals surface area (Å²) in [5.74, 6) is 8.12. The summed E-state index contributed by atoms with van der Waals surface area (Å²) in [7, 11) is 0. The van der Waals surface area contributed by atoms with Crippen LogP contribution in [0.3, 0.4) is 0 Å². The molecule has 0 N–H and O–H groups in total. The van der Waals surface area contributed by atoms with E-state index in [9.17, 15) is 0 Å². The van der Waals surface area contributed by atoms with Gasteiger partial charge >= 0.3 is 0 Å². The van der Waals surface area contributed by atoms with Gasteiger partial charge in [0.05, 0.1) is 0 Å². The normalized spacial score (nSPS) is 46.7. The van der Waals surface area contributed by atoms with Crippen molar-refractivity contribution in [3.63, 3.8) is 0 Å². The van der Waals surface area contributed by atoms with Crippen LogP contribution in [0.15, 0.2) is 0 Å². The summed E-state index contributed by atoms with van der Waals surface area (Å²) < 4.78 is 0. The molecule has 6 rings (SSSR count). The van der Waals surface area contributed by atoms with Crippen LogP contribution < -0.4 is 0 Å². The second-order valence-corrected chi connectivity index (χ2v) is 12.8. The van der Waals surface area contributed by atoms with Crippen LogP contribution in [0.5, 0.6) is 0 Å². The largest absolute Gasteiger partial charge is 0.208 e. The third kappa shape index (κ3) is 3.07. The predicted molar refractivity (Wildman–Crippen MR) is 121 cm³/mol. The van der Waals surface area contributed by atoms with E-state index in [4.69, 9.17) is 0 Å². The van der Waals surface area contributed by atoms with E-state index in [1.54, 1.807) is 32.0 Å². The fraction of sp³-hybridized carbons (Fsp3) is 1.00. The Kier molecular flexibility index (Phi) is 5.34. The van der Waals surface area contributed by atoms with E-state index in [1.807, 2.05) is 0 Å². The number of fused-ring (bicyclic) bond motifs is 4. The molecule has 0 aromatic rings. The molecule has 6 aliphatic carbocycles. The van der Waals surface area contributed by atoms with Crippen LogP contribution in [0.1, 0.15) is 99.8 Å². The van der Waals surface area contributed by atoms with Gasteiger partial charge in [-0.3, -0.25) is 0 Å². The molecular weight excluding hydrogens is 323 g/mol. The Balaban J connectivity index is 1.50. The molecule has 27 heavy (non-hydrogen) atoms. The maximum atomic E-state index is 2.66. The molecule has 155 valence electrons. The highest BCUT2D eigenvalue weighted by Gasteiger charge is 2.58. The van der Waals surface area contributed by atoms with Crippen LogP contribution >= 0.6 is 0 Å². The summed E-state index contributed by atoms with van der Waals surface area (Å²) >= 11 is 0. The number of rotatable bonds is 7. The zero-order valence-corrected chi connectivity index (χ0v) is 19.6. The fourth-order valence-electron chi connectivity index (χ4n) is 9.06. The highest BCUT2D eigenvalue weighted by atomic mass is 14.6. The molecule has 6 aliphatic rings. The van der Waals surface area contributed by atoms with Crippen molar-refractivity contribution in [3.05, 3.63) is 0 Å². The van der Waals surface area contributed by atoms with Gasteiger partial charge in [0.15, 0.2) is 0 Å². The van der Waals surface area contributed by atoms with Crippen molar-refractivity contribution in [2.75, 3.05) is 0 Å². The van der Waals surface area contributed by atoms with E-state index in [2.05, 4.69) is 48.5 Å². The summed E-state index contributed by atoms with van der Waals surface area (Å²) in [5.41, 5.74) is 1.29. The first-order chi connectivity index (χ1) is 12.7. The lowest BCUT2D eigenvalue weighted by Crippen LogP contribution is -2.59. The molecule has 1 heteroatoms. The van der Waals surface area contributed by atoms with Crippen molar-refractivity contribution in [1.82, 2.24) is 0 Å². The molecule has 0 aromatic carbocycles. The standard InChI is InChI=1S/C26H47B/c1-8-9-10-11-12-27(23-15-19-13-21(17(23)2)25(19,4)5)24-16-20-14-22(18(24)3)26(20,6)7/h17-24H,8-16H2,1-7H3/q-1/t17-,18-,19+,20+,21-,22-,23-,24-/m1/s1. The second kappa shape index (κ2) is 7.09. The summed E-state index contributed by atoms with van der Waals surface area (Å²) in [5, 5.41) is 0. The molecule has 0 aromatic heterocycles. The topological polar surface area (TPSA) is 0 Å². The fourth-order valence-corrected chi connectivity index (χ4v) is 9.06. The summed E-state index contributed by atoms with van der Waals surface area (Å²) in [4.78, 5) is 0. The Morgan fingerprint density at radius 3 is 1.56 bits per heavy atom. The minimum atomic E-state index is 0.644. The summed E-state index contributed by atoms with van der Waals surface area (Å²) in [6, 6.07) is 0. The van der Waals surface area contributed by atoms with Gasteiger partial charge in [0, 0.05) is 0 Å². The average molecular weight is 370 g/mol. The number of hydrogen-bond donors (Lipinski definition) is 0. The molecule has 6 fully saturated rings. The summed E-state index contributed by atoms with van der Waals surface area (Å²) in [6.07, 6.45) is 13.6.